The Kier molecular flexibility index (Phi) is 6.55. The number of benzene rings is 1. The Morgan fingerprint density at radius 3 is 2.50 bits per heavy atom. The summed E-state index contributed by atoms with van der Waals surface area (Å²) in [5, 5.41) is 4.73. The highest BCUT2D eigenvalue weighted by Crippen LogP contribution is 2.18. The van der Waals surface area contributed by atoms with Gasteiger partial charge in [0.25, 0.3) is 5.91 Å². The highest BCUT2D eigenvalue weighted by molar-refractivity contribution is 7.12. The highest BCUT2D eigenvalue weighted by Gasteiger charge is 2.24. The lowest BCUT2D eigenvalue weighted by molar-refractivity contribution is -0.145. The van der Waals surface area contributed by atoms with Crippen molar-refractivity contribution in [1.29, 1.82) is 0 Å². The number of nitrogens with one attached hydrogen (secondary N) is 1. The number of carbonyl (C=O) groups is 2. The summed E-state index contributed by atoms with van der Waals surface area (Å²) >= 11 is 1.39. The van der Waals surface area contributed by atoms with E-state index in [0.29, 0.717) is 11.3 Å². The molecule has 5 heteroatoms. The minimum atomic E-state index is -0.688. The molecule has 1 aromatic carbocycles. The van der Waals surface area contributed by atoms with E-state index in [1.165, 1.54) is 11.3 Å². The van der Waals surface area contributed by atoms with Crippen LogP contribution in [0.4, 0.5) is 0 Å². The number of hydrogen-bond donors (Lipinski definition) is 1. The van der Waals surface area contributed by atoms with E-state index in [4.69, 9.17) is 4.74 Å². The Morgan fingerprint density at radius 1 is 1.17 bits per heavy atom. The van der Waals surface area contributed by atoms with Crippen LogP contribution in [-0.2, 0) is 22.4 Å². The van der Waals surface area contributed by atoms with Gasteiger partial charge in [0.2, 0.25) is 0 Å². The average Bonchev–Trinajstić information content (AvgIpc) is 3.05. The summed E-state index contributed by atoms with van der Waals surface area (Å²) in [6.45, 7) is 6.07. The maximum atomic E-state index is 12.5. The molecule has 1 aromatic heterocycles. The summed E-state index contributed by atoms with van der Waals surface area (Å²) < 4.78 is 5.12. The second-order valence-corrected chi connectivity index (χ2v) is 6.51. The van der Waals surface area contributed by atoms with Gasteiger partial charge in [0.1, 0.15) is 6.04 Å². The zero-order chi connectivity index (χ0) is 17.5. The van der Waals surface area contributed by atoms with Crippen LogP contribution in [0.15, 0.2) is 35.7 Å². The molecule has 0 spiro atoms. The zero-order valence-electron chi connectivity index (χ0n) is 14.3. The van der Waals surface area contributed by atoms with Crippen LogP contribution in [0, 0.1) is 6.92 Å². The van der Waals surface area contributed by atoms with Gasteiger partial charge >= 0.3 is 5.97 Å². The van der Waals surface area contributed by atoms with Crippen LogP contribution in [0.5, 0.6) is 0 Å². The summed E-state index contributed by atoms with van der Waals surface area (Å²) in [4.78, 5) is 25.4. The molecule has 1 N–H and O–H groups in total. The molecular weight excluding hydrogens is 322 g/mol. The third kappa shape index (κ3) is 4.68. The number of esters is 1. The first kappa shape index (κ1) is 18.2. The van der Waals surface area contributed by atoms with E-state index in [0.717, 1.165) is 23.1 Å². The van der Waals surface area contributed by atoms with Crippen molar-refractivity contribution >= 4 is 23.2 Å². The van der Waals surface area contributed by atoms with E-state index in [-0.39, 0.29) is 12.5 Å². The van der Waals surface area contributed by atoms with Crippen molar-refractivity contribution in [1.82, 2.24) is 5.32 Å². The molecule has 2 aromatic rings. The fraction of sp³-hybridized carbons (Fsp3) is 0.368. The van der Waals surface area contributed by atoms with E-state index in [2.05, 4.69) is 5.32 Å². The van der Waals surface area contributed by atoms with Gasteiger partial charge in [-0.15, -0.1) is 11.3 Å². The fourth-order valence-corrected chi connectivity index (χ4v) is 3.33. The number of thiophene rings is 1. The Morgan fingerprint density at radius 2 is 1.88 bits per heavy atom. The number of carbonyl (C=O) groups excluding carboxylic acids is 2. The lowest BCUT2D eigenvalue weighted by Gasteiger charge is -2.17. The second kappa shape index (κ2) is 8.64. The van der Waals surface area contributed by atoms with Crippen molar-refractivity contribution in [3.63, 3.8) is 0 Å². The molecule has 0 saturated carbocycles. The summed E-state index contributed by atoms with van der Waals surface area (Å²) in [6, 6.07) is 9.18. The molecular formula is C19H23NO3S. The maximum absolute atomic E-state index is 12.5. The Labute approximate surface area is 146 Å². The van der Waals surface area contributed by atoms with Crippen LogP contribution >= 0.6 is 11.3 Å². The monoisotopic (exact) mass is 345 g/mol. The summed E-state index contributed by atoms with van der Waals surface area (Å²) in [5.74, 6) is -0.618. The third-order valence-electron chi connectivity index (χ3n) is 3.77. The summed E-state index contributed by atoms with van der Waals surface area (Å²) in [6.07, 6.45) is 1.20. The number of ether oxygens (including phenoxy) is 1. The molecule has 4 nitrogen and oxygen atoms in total. The van der Waals surface area contributed by atoms with Crippen molar-refractivity contribution < 1.29 is 14.3 Å². The van der Waals surface area contributed by atoms with Crippen molar-refractivity contribution in [3.8, 4) is 0 Å². The first-order chi connectivity index (χ1) is 11.5. The molecule has 0 fully saturated rings. The molecule has 128 valence electrons. The van der Waals surface area contributed by atoms with E-state index in [1.807, 2.05) is 49.6 Å². The van der Waals surface area contributed by atoms with Crippen LogP contribution in [0.25, 0.3) is 0 Å². The zero-order valence-corrected chi connectivity index (χ0v) is 15.1. The SMILES string of the molecule is CCOC(=O)[C@@H](Cc1ccc(C)cc1)NC(=O)c1sccc1CC. The minimum Gasteiger partial charge on any atom is -0.464 e. The second-order valence-electron chi connectivity index (χ2n) is 5.60. The van der Waals surface area contributed by atoms with E-state index in [9.17, 15) is 9.59 Å². The van der Waals surface area contributed by atoms with Gasteiger partial charge in [-0.3, -0.25) is 4.79 Å². The van der Waals surface area contributed by atoms with Crippen LogP contribution < -0.4 is 5.32 Å². The molecule has 0 radical (unpaired) electrons. The third-order valence-corrected chi connectivity index (χ3v) is 4.73. The van der Waals surface area contributed by atoms with E-state index >= 15 is 0 Å². The molecule has 0 saturated heterocycles. The number of rotatable bonds is 7. The van der Waals surface area contributed by atoms with Gasteiger partial charge in [-0.05, 0) is 42.8 Å². The van der Waals surface area contributed by atoms with Crippen LogP contribution in [0.2, 0.25) is 0 Å². The molecule has 24 heavy (non-hydrogen) atoms. The molecule has 2 rings (SSSR count). The standard InChI is InChI=1S/C19H23NO3S/c1-4-15-10-11-24-17(15)18(21)20-16(19(22)23-5-2)12-14-8-6-13(3)7-9-14/h6-11,16H,4-5,12H2,1-3H3,(H,20,21)/t16-/m1/s1. The van der Waals surface area contributed by atoms with Gasteiger partial charge in [0.05, 0.1) is 11.5 Å². The Hall–Kier alpha value is -2.14. The summed E-state index contributed by atoms with van der Waals surface area (Å²) in [5.41, 5.74) is 3.14. The van der Waals surface area contributed by atoms with Gasteiger partial charge in [0.15, 0.2) is 0 Å². The number of aryl methyl sites for hydroxylation is 2. The van der Waals surface area contributed by atoms with Crippen LogP contribution in [0.3, 0.4) is 0 Å². The Balaban J connectivity index is 2.15. The average molecular weight is 345 g/mol. The lowest BCUT2D eigenvalue weighted by Crippen LogP contribution is -2.43. The van der Waals surface area contributed by atoms with Crippen molar-refractivity contribution in [2.75, 3.05) is 6.61 Å². The number of hydrogen-bond acceptors (Lipinski definition) is 4. The highest BCUT2D eigenvalue weighted by atomic mass is 32.1. The van der Waals surface area contributed by atoms with Gasteiger partial charge in [-0.25, -0.2) is 4.79 Å². The van der Waals surface area contributed by atoms with Crippen molar-refractivity contribution in [2.24, 2.45) is 0 Å². The molecule has 0 unspecified atom stereocenters. The largest absolute Gasteiger partial charge is 0.464 e. The first-order valence-electron chi connectivity index (χ1n) is 8.14. The molecule has 1 amide bonds. The summed E-state index contributed by atoms with van der Waals surface area (Å²) in [7, 11) is 0. The van der Waals surface area contributed by atoms with Crippen LogP contribution in [0.1, 0.15) is 40.2 Å². The van der Waals surface area contributed by atoms with Gasteiger partial charge in [0, 0.05) is 6.42 Å². The number of amides is 1. The molecule has 0 bridgehead atoms. The van der Waals surface area contributed by atoms with Gasteiger partial charge in [-0.1, -0.05) is 36.8 Å². The molecule has 0 aliphatic carbocycles. The van der Waals surface area contributed by atoms with Crippen molar-refractivity contribution in [2.45, 2.75) is 39.7 Å². The van der Waals surface area contributed by atoms with Crippen LogP contribution in [-0.4, -0.2) is 24.5 Å². The molecule has 1 heterocycles. The van der Waals surface area contributed by atoms with E-state index in [1.54, 1.807) is 6.92 Å². The molecule has 0 aliphatic rings. The normalized spacial score (nSPS) is 11.8. The molecule has 1 atom stereocenters. The fourth-order valence-electron chi connectivity index (χ4n) is 2.43. The predicted molar refractivity (Wildman–Crippen MR) is 96.5 cm³/mol. The topological polar surface area (TPSA) is 55.4 Å². The minimum absolute atomic E-state index is 0.216. The molecule has 0 aliphatic heterocycles. The quantitative estimate of drug-likeness (QED) is 0.781. The lowest BCUT2D eigenvalue weighted by atomic mass is 10.0. The Bertz CT molecular complexity index is 691. The van der Waals surface area contributed by atoms with E-state index < -0.39 is 12.0 Å². The van der Waals surface area contributed by atoms with Gasteiger partial charge < -0.3 is 10.1 Å². The maximum Gasteiger partial charge on any atom is 0.328 e. The van der Waals surface area contributed by atoms with Gasteiger partial charge in [-0.2, -0.15) is 0 Å². The predicted octanol–water partition coefficient (Wildman–Crippen LogP) is 3.52. The smallest absolute Gasteiger partial charge is 0.328 e. The van der Waals surface area contributed by atoms with Crippen molar-refractivity contribution in [3.05, 3.63) is 57.3 Å². The first-order valence-corrected chi connectivity index (χ1v) is 9.02.